The lowest BCUT2D eigenvalue weighted by molar-refractivity contribution is 0.282. The van der Waals surface area contributed by atoms with Crippen molar-refractivity contribution in [2.75, 3.05) is 7.11 Å². The maximum Gasteiger partial charge on any atom is 0.166 e. The smallest absolute Gasteiger partial charge is 0.166 e. The van der Waals surface area contributed by atoms with Crippen LogP contribution in [0, 0.1) is 0 Å². The van der Waals surface area contributed by atoms with Crippen molar-refractivity contribution in [3.05, 3.63) is 53.6 Å². The molecule has 0 bridgehead atoms. The Morgan fingerprint density at radius 1 is 1.16 bits per heavy atom. The summed E-state index contributed by atoms with van der Waals surface area (Å²) in [6, 6.07) is 12.5. The van der Waals surface area contributed by atoms with Crippen molar-refractivity contribution in [3.8, 4) is 11.5 Å². The number of phenols is 1. The Labute approximate surface area is 111 Å². The minimum atomic E-state index is -0.0718. The van der Waals surface area contributed by atoms with Crippen LogP contribution in [0.1, 0.15) is 11.1 Å². The lowest BCUT2D eigenvalue weighted by Gasteiger charge is -2.05. The normalized spacial score (nSPS) is 10.8. The number of aliphatic hydroxyl groups is 1. The molecular weight excluding hydrogens is 242 g/mol. The van der Waals surface area contributed by atoms with Crippen molar-refractivity contribution in [3.63, 3.8) is 0 Å². The van der Waals surface area contributed by atoms with Crippen LogP contribution in [0.25, 0.3) is 0 Å². The van der Waals surface area contributed by atoms with Crippen LogP contribution in [0.2, 0.25) is 0 Å². The molecule has 0 saturated heterocycles. The standard InChI is InChI=1S/C15H15NO3/c1-19-14-8-4-6-11(15(14)18)9-16-13-7-3-2-5-12(13)10-17/h2-9,17-18H,10H2,1H3. The summed E-state index contributed by atoms with van der Waals surface area (Å²) in [5.74, 6) is 0.453. The first-order chi connectivity index (χ1) is 9.26. The second-order valence-electron chi connectivity index (χ2n) is 3.94. The van der Waals surface area contributed by atoms with E-state index >= 15 is 0 Å². The summed E-state index contributed by atoms with van der Waals surface area (Å²) in [7, 11) is 1.50. The van der Waals surface area contributed by atoms with E-state index in [1.807, 2.05) is 12.1 Å². The third-order valence-corrected chi connectivity index (χ3v) is 2.75. The number of aliphatic imine (C=N–C) groups is 1. The molecule has 0 amide bonds. The minimum absolute atomic E-state index is 0.0511. The van der Waals surface area contributed by atoms with Crippen molar-refractivity contribution in [2.45, 2.75) is 6.61 Å². The maximum absolute atomic E-state index is 9.93. The molecule has 4 nitrogen and oxygen atoms in total. The summed E-state index contributed by atoms with van der Waals surface area (Å²) in [5.41, 5.74) is 1.97. The van der Waals surface area contributed by atoms with Gasteiger partial charge in [-0.15, -0.1) is 0 Å². The summed E-state index contributed by atoms with van der Waals surface area (Å²) in [4.78, 5) is 4.28. The summed E-state index contributed by atoms with van der Waals surface area (Å²) < 4.78 is 5.03. The Morgan fingerprint density at radius 2 is 1.95 bits per heavy atom. The first-order valence-corrected chi connectivity index (χ1v) is 5.85. The number of rotatable bonds is 4. The summed E-state index contributed by atoms with van der Waals surface area (Å²) in [6.07, 6.45) is 1.55. The molecule has 0 fully saturated rings. The van der Waals surface area contributed by atoms with Crippen molar-refractivity contribution in [2.24, 2.45) is 4.99 Å². The van der Waals surface area contributed by atoms with Gasteiger partial charge >= 0.3 is 0 Å². The number of aromatic hydroxyl groups is 1. The molecule has 2 rings (SSSR count). The van der Waals surface area contributed by atoms with Crippen LogP contribution in [0.5, 0.6) is 11.5 Å². The zero-order chi connectivity index (χ0) is 13.7. The number of phenolic OH excluding ortho intramolecular Hbond substituents is 1. The molecule has 2 aromatic rings. The van der Waals surface area contributed by atoms with Gasteiger partial charge in [-0.05, 0) is 18.2 Å². The van der Waals surface area contributed by atoms with Crippen molar-refractivity contribution < 1.29 is 14.9 Å². The summed E-state index contributed by atoms with van der Waals surface area (Å²) in [6.45, 7) is -0.0718. The molecule has 0 saturated carbocycles. The van der Waals surface area contributed by atoms with Crippen LogP contribution in [-0.4, -0.2) is 23.5 Å². The van der Waals surface area contributed by atoms with E-state index in [4.69, 9.17) is 4.74 Å². The lowest BCUT2D eigenvalue weighted by Crippen LogP contribution is -1.89. The summed E-state index contributed by atoms with van der Waals surface area (Å²) >= 11 is 0. The van der Waals surface area contributed by atoms with E-state index in [0.29, 0.717) is 17.0 Å². The van der Waals surface area contributed by atoms with Gasteiger partial charge in [0.2, 0.25) is 0 Å². The van der Waals surface area contributed by atoms with Crippen LogP contribution in [0.15, 0.2) is 47.5 Å². The molecule has 0 aliphatic carbocycles. The van der Waals surface area contributed by atoms with Crippen LogP contribution in [0.4, 0.5) is 5.69 Å². The maximum atomic E-state index is 9.93. The van der Waals surface area contributed by atoms with Crippen molar-refractivity contribution >= 4 is 11.9 Å². The molecular formula is C15H15NO3. The Kier molecular flexibility index (Phi) is 4.15. The third-order valence-electron chi connectivity index (χ3n) is 2.75. The second-order valence-corrected chi connectivity index (χ2v) is 3.94. The van der Waals surface area contributed by atoms with Crippen LogP contribution in [0.3, 0.4) is 0 Å². The van der Waals surface area contributed by atoms with Gasteiger partial charge in [0.05, 0.1) is 19.4 Å². The van der Waals surface area contributed by atoms with Crippen LogP contribution in [-0.2, 0) is 6.61 Å². The fourth-order valence-electron chi connectivity index (χ4n) is 1.72. The van der Waals surface area contributed by atoms with E-state index in [1.54, 1.807) is 36.5 Å². The van der Waals surface area contributed by atoms with E-state index in [-0.39, 0.29) is 12.4 Å². The average Bonchev–Trinajstić information content (AvgIpc) is 2.46. The molecule has 0 unspecified atom stereocenters. The highest BCUT2D eigenvalue weighted by Gasteiger charge is 2.05. The van der Waals surface area contributed by atoms with E-state index in [9.17, 15) is 10.2 Å². The average molecular weight is 257 g/mol. The van der Waals surface area contributed by atoms with Gasteiger partial charge in [0, 0.05) is 17.3 Å². The van der Waals surface area contributed by atoms with Crippen molar-refractivity contribution in [1.29, 1.82) is 0 Å². The lowest BCUT2D eigenvalue weighted by atomic mass is 10.2. The largest absolute Gasteiger partial charge is 0.504 e. The highest BCUT2D eigenvalue weighted by atomic mass is 16.5. The van der Waals surface area contributed by atoms with Crippen molar-refractivity contribution in [1.82, 2.24) is 0 Å². The molecule has 4 heteroatoms. The number of para-hydroxylation sites is 2. The zero-order valence-electron chi connectivity index (χ0n) is 10.6. The minimum Gasteiger partial charge on any atom is -0.504 e. The fraction of sp³-hybridized carbons (Fsp3) is 0.133. The first kappa shape index (κ1) is 13.1. The zero-order valence-corrected chi connectivity index (χ0v) is 10.6. The highest BCUT2D eigenvalue weighted by molar-refractivity contribution is 5.86. The Bertz CT molecular complexity index is 594. The van der Waals surface area contributed by atoms with Crippen LogP contribution >= 0.6 is 0 Å². The topological polar surface area (TPSA) is 62.0 Å². The quantitative estimate of drug-likeness (QED) is 0.828. The predicted molar refractivity (Wildman–Crippen MR) is 74.3 cm³/mol. The van der Waals surface area contributed by atoms with Gasteiger partial charge in [0.25, 0.3) is 0 Å². The molecule has 0 spiro atoms. The number of nitrogens with zero attached hydrogens (tertiary/aromatic N) is 1. The van der Waals surface area contributed by atoms with Gasteiger partial charge < -0.3 is 14.9 Å². The van der Waals surface area contributed by atoms with Gasteiger partial charge in [-0.3, -0.25) is 4.99 Å². The molecule has 0 aliphatic heterocycles. The predicted octanol–water partition coefficient (Wildman–Crippen LogP) is 2.64. The number of aliphatic hydroxyl groups excluding tert-OH is 1. The number of ether oxygens (including phenoxy) is 1. The van der Waals surface area contributed by atoms with Gasteiger partial charge in [-0.1, -0.05) is 24.3 Å². The molecule has 0 aliphatic rings. The number of hydrogen-bond acceptors (Lipinski definition) is 4. The van der Waals surface area contributed by atoms with Crippen LogP contribution < -0.4 is 4.74 Å². The number of benzene rings is 2. The molecule has 0 atom stereocenters. The Hall–Kier alpha value is -2.33. The van der Waals surface area contributed by atoms with E-state index in [0.717, 1.165) is 5.56 Å². The van der Waals surface area contributed by atoms with Gasteiger partial charge in [0.1, 0.15) is 0 Å². The first-order valence-electron chi connectivity index (χ1n) is 5.85. The molecule has 0 radical (unpaired) electrons. The molecule has 19 heavy (non-hydrogen) atoms. The molecule has 98 valence electrons. The van der Waals surface area contributed by atoms with E-state index in [1.165, 1.54) is 7.11 Å². The van der Waals surface area contributed by atoms with Gasteiger partial charge in [-0.25, -0.2) is 0 Å². The monoisotopic (exact) mass is 257 g/mol. The van der Waals surface area contributed by atoms with E-state index < -0.39 is 0 Å². The molecule has 2 N–H and O–H groups in total. The number of methoxy groups -OCH3 is 1. The second kappa shape index (κ2) is 6.02. The fourth-order valence-corrected chi connectivity index (χ4v) is 1.72. The SMILES string of the molecule is COc1cccc(C=Nc2ccccc2CO)c1O. The highest BCUT2D eigenvalue weighted by Crippen LogP contribution is 2.28. The molecule has 2 aromatic carbocycles. The van der Waals surface area contributed by atoms with Gasteiger partial charge in [0.15, 0.2) is 11.5 Å². The Balaban J connectivity index is 2.33. The third kappa shape index (κ3) is 2.92. The summed E-state index contributed by atoms with van der Waals surface area (Å²) in [5, 5.41) is 19.1. The van der Waals surface area contributed by atoms with E-state index in [2.05, 4.69) is 4.99 Å². The van der Waals surface area contributed by atoms with Gasteiger partial charge in [-0.2, -0.15) is 0 Å². The molecule has 0 aromatic heterocycles. The number of hydrogen-bond donors (Lipinski definition) is 2. The Morgan fingerprint density at radius 3 is 2.68 bits per heavy atom. The molecule has 0 heterocycles.